The molecule has 1 unspecified atom stereocenters. The first kappa shape index (κ1) is 15.4. The molecule has 1 aromatic rings. The van der Waals surface area contributed by atoms with Gasteiger partial charge in [-0.2, -0.15) is 0 Å². The molecule has 1 fully saturated rings. The van der Waals surface area contributed by atoms with Gasteiger partial charge in [-0.1, -0.05) is 0 Å². The van der Waals surface area contributed by atoms with Crippen LogP contribution in [0.5, 0.6) is 0 Å². The lowest BCUT2D eigenvalue weighted by atomic mass is 10.0. The summed E-state index contributed by atoms with van der Waals surface area (Å²) in [4.78, 5) is 3.89. The Kier molecular flexibility index (Phi) is 5.43. The van der Waals surface area contributed by atoms with E-state index in [-0.39, 0.29) is 5.54 Å². The highest BCUT2D eigenvalue weighted by Crippen LogP contribution is 2.29. The Hall–Kier alpha value is 0.0600. The van der Waals surface area contributed by atoms with E-state index in [1.165, 1.54) is 9.35 Å². The molecule has 2 rings (SSSR count). The molecule has 0 amide bonds. The molecule has 0 aromatic carbocycles. The summed E-state index contributed by atoms with van der Waals surface area (Å²) in [5, 5.41) is 5.79. The van der Waals surface area contributed by atoms with Crippen molar-refractivity contribution >= 4 is 27.3 Å². The Balaban J connectivity index is 1.88. The Morgan fingerprint density at radius 2 is 2.16 bits per heavy atom. The van der Waals surface area contributed by atoms with Crippen LogP contribution in [-0.4, -0.2) is 43.3 Å². The summed E-state index contributed by atoms with van der Waals surface area (Å²) in [5.41, 5.74) is 0.168. The quantitative estimate of drug-likeness (QED) is 0.885. The van der Waals surface area contributed by atoms with Gasteiger partial charge in [0.1, 0.15) is 0 Å². The number of hydrogen-bond donors (Lipinski definition) is 1. The largest absolute Gasteiger partial charge is 0.379 e. The summed E-state index contributed by atoms with van der Waals surface area (Å²) in [6.07, 6.45) is 0. The lowest BCUT2D eigenvalue weighted by Crippen LogP contribution is -2.54. The van der Waals surface area contributed by atoms with Crippen molar-refractivity contribution in [1.29, 1.82) is 0 Å². The molecule has 1 saturated heterocycles. The van der Waals surface area contributed by atoms with Gasteiger partial charge in [0.2, 0.25) is 0 Å². The molecule has 2 heterocycles. The minimum Gasteiger partial charge on any atom is -0.379 e. The molecule has 1 atom stereocenters. The fraction of sp³-hybridized carbons (Fsp3) is 0.714. The average molecular weight is 347 g/mol. The number of nitrogens with zero attached hydrogens (tertiary/aromatic N) is 1. The van der Waals surface area contributed by atoms with E-state index in [1.54, 1.807) is 11.3 Å². The maximum Gasteiger partial charge on any atom is 0.0594 e. The van der Waals surface area contributed by atoms with E-state index in [4.69, 9.17) is 4.74 Å². The molecule has 19 heavy (non-hydrogen) atoms. The van der Waals surface area contributed by atoms with Gasteiger partial charge < -0.3 is 10.1 Å². The van der Waals surface area contributed by atoms with E-state index < -0.39 is 0 Å². The van der Waals surface area contributed by atoms with Crippen molar-refractivity contribution in [3.05, 3.63) is 20.8 Å². The molecular weight excluding hydrogens is 324 g/mol. The van der Waals surface area contributed by atoms with Crippen LogP contribution in [0, 0.1) is 0 Å². The van der Waals surface area contributed by atoms with E-state index >= 15 is 0 Å². The molecule has 1 aromatic heterocycles. The van der Waals surface area contributed by atoms with E-state index in [9.17, 15) is 0 Å². The monoisotopic (exact) mass is 346 g/mol. The second-order valence-electron chi connectivity index (χ2n) is 5.65. The highest BCUT2D eigenvalue weighted by atomic mass is 79.9. The normalized spacial score (nSPS) is 19.6. The molecule has 1 aliphatic heterocycles. The number of halogens is 1. The molecular formula is C14H23BrN2OS. The van der Waals surface area contributed by atoms with Crippen LogP contribution >= 0.6 is 27.3 Å². The molecule has 0 bridgehead atoms. The summed E-state index contributed by atoms with van der Waals surface area (Å²) >= 11 is 5.41. The van der Waals surface area contributed by atoms with Crippen molar-refractivity contribution in [2.75, 3.05) is 32.8 Å². The Morgan fingerprint density at radius 3 is 2.74 bits per heavy atom. The lowest BCUT2D eigenvalue weighted by Gasteiger charge is -2.41. The Bertz CT molecular complexity index is 402. The van der Waals surface area contributed by atoms with Gasteiger partial charge >= 0.3 is 0 Å². The third-order valence-corrected chi connectivity index (χ3v) is 5.80. The van der Waals surface area contributed by atoms with Gasteiger partial charge in [0, 0.05) is 40.6 Å². The zero-order valence-electron chi connectivity index (χ0n) is 11.9. The van der Waals surface area contributed by atoms with Gasteiger partial charge in [-0.3, -0.25) is 4.90 Å². The minimum absolute atomic E-state index is 0.168. The topological polar surface area (TPSA) is 24.5 Å². The fourth-order valence-electron chi connectivity index (χ4n) is 2.39. The van der Waals surface area contributed by atoms with Gasteiger partial charge in [0.25, 0.3) is 0 Å². The molecule has 1 N–H and O–H groups in total. The van der Waals surface area contributed by atoms with Crippen LogP contribution in [0.3, 0.4) is 0 Å². The molecule has 0 saturated carbocycles. The van der Waals surface area contributed by atoms with E-state index in [1.807, 2.05) is 0 Å². The summed E-state index contributed by atoms with van der Waals surface area (Å²) < 4.78 is 6.64. The van der Waals surface area contributed by atoms with Crippen molar-refractivity contribution in [2.24, 2.45) is 0 Å². The van der Waals surface area contributed by atoms with Crippen LogP contribution in [0.15, 0.2) is 15.9 Å². The molecule has 1 aliphatic rings. The Morgan fingerprint density at radius 1 is 1.47 bits per heavy atom. The van der Waals surface area contributed by atoms with Crippen LogP contribution in [0.1, 0.15) is 31.7 Å². The lowest BCUT2D eigenvalue weighted by molar-refractivity contribution is -0.0102. The number of thiophene rings is 1. The van der Waals surface area contributed by atoms with Gasteiger partial charge in [-0.15, -0.1) is 11.3 Å². The van der Waals surface area contributed by atoms with Gasteiger partial charge in [0.05, 0.1) is 13.2 Å². The highest BCUT2D eigenvalue weighted by Gasteiger charge is 2.28. The SMILES string of the molecule is CC(NCC(C)(C)N1CCOCC1)c1sccc1Br. The molecule has 3 nitrogen and oxygen atoms in total. The number of morpholine rings is 1. The van der Waals surface area contributed by atoms with Crippen molar-refractivity contribution in [1.82, 2.24) is 10.2 Å². The maximum absolute atomic E-state index is 5.43. The zero-order valence-corrected chi connectivity index (χ0v) is 14.3. The second kappa shape index (κ2) is 6.68. The summed E-state index contributed by atoms with van der Waals surface area (Å²) in [5.74, 6) is 0. The van der Waals surface area contributed by atoms with E-state index in [2.05, 4.69) is 58.4 Å². The van der Waals surface area contributed by atoms with Crippen LogP contribution in [0.25, 0.3) is 0 Å². The number of hydrogen-bond acceptors (Lipinski definition) is 4. The fourth-order valence-corrected chi connectivity index (χ4v) is 4.14. The molecule has 5 heteroatoms. The first-order chi connectivity index (χ1) is 9.00. The summed E-state index contributed by atoms with van der Waals surface area (Å²) in [7, 11) is 0. The van der Waals surface area contributed by atoms with Crippen molar-refractivity contribution in [2.45, 2.75) is 32.4 Å². The smallest absolute Gasteiger partial charge is 0.0594 e. The minimum atomic E-state index is 0.168. The van der Waals surface area contributed by atoms with Gasteiger partial charge in [-0.05, 0) is 48.1 Å². The van der Waals surface area contributed by atoms with Gasteiger partial charge in [0.15, 0.2) is 0 Å². The molecule has 108 valence electrons. The van der Waals surface area contributed by atoms with Crippen LogP contribution < -0.4 is 5.32 Å². The molecule has 0 spiro atoms. The molecule has 0 aliphatic carbocycles. The first-order valence-corrected chi connectivity index (χ1v) is 8.47. The predicted octanol–water partition coefficient (Wildman–Crippen LogP) is 3.27. The van der Waals surface area contributed by atoms with Crippen LogP contribution in [-0.2, 0) is 4.74 Å². The Labute approximate surface area is 128 Å². The summed E-state index contributed by atoms with van der Waals surface area (Å²) in [6, 6.07) is 2.50. The third-order valence-electron chi connectivity index (χ3n) is 3.75. The van der Waals surface area contributed by atoms with Crippen molar-refractivity contribution in [3.8, 4) is 0 Å². The third kappa shape index (κ3) is 4.02. The predicted molar refractivity (Wildman–Crippen MR) is 84.9 cm³/mol. The first-order valence-electron chi connectivity index (χ1n) is 6.80. The zero-order chi connectivity index (χ0) is 13.9. The highest BCUT2D eigenvalue weighted by molar-refractivity contribution is 9.10. The molecule has 0 radical (unpaired) electrons. The second-order valence-corrected chi connectivity index (χ2v) is 7.45. The maximum atomic E-state index is 5.43. The number of ether oxygens (including phenoxy) is 1. The standard InChI is InChI=1S/C14H23BrN2OS/c1-11(13-12(15)4-9-19-13)16-10-14(2,3)17-5-7-18-8-6-17/h4,9,11,16H,5-8,10H2,1-3H3. The van der Waals surface area contributed by atoms with Crippen molar-refractivity contribution in [3.63, 3.8) is 0 Å². The van der Waals surface area contributed by atoms with E-state index in [0.717, 1.165) is 32.8 Å². The van der Waals surface area contributed by atoms with E-state index in [0.29, 0.717) is 6.04 Å². The summed E-state index contributed by atoms with van der Waals surface area (Å²) in [6.45, 7) is 11.6. The van der Waals surface area contributed by atoms with Crippen LogP contribution in [0.4, 0.5) is 0 Å². The number of rotatable bonds is 5. The van der Waals surface area contributed by atoms with Crippen LogP contribution in [0.2, 0.25) is 0 Å². The van der Waals surface area contributed by atoms with Crippen molar-refractivity contribution < 1.29 is 4.74 Å². The van der Waals surface area contributed by atoms with Gasteiger partial charge in [-0.25, -0.2) is 0 Å². The average Bonchev–Trinajstić information content (AvgIpc) is 2.83. The number of nitrogens with one attached hydrogen (secondary N) is 1.